The Morgan fingerprint density at radius 1 is 0.333 bits per heavy atom. The Morgan fingerprint density at radius 3 is 0.897 bits per heavy atom. The maximum atomic E-state index is 2.47. The summed E-state index contributed by atoms with van der Waals surface area (Å²) < 4.78 is 1.25. The van der Waals surface area contributed by atoms with Crippen LogP contribution in [-0.4, -0.2) is 31.7 Å². The Bertz CT molecular complexity index is 455. The predicted octanol–water partition coefficient (Wildman–Crippen LogP) is 12.8. The normalized spacial score (nSPS) is 17.7. The van der Waals surface area contributed by atoms with Crippen molar-refractivity contribution in [2.75, 3.05) is 27.2 Å². The fraction of sp³-hybridized carbons (Fsp3) is 1.00. The van der Waals surface area contributed by atoms with Crippen molar-refractivity contribution >= 4 is 0 Å². The molecular weight excluding hydrogens is 470 g/mol. The van der Waals surface area contributed by atoms with Gasteiger partial charge in [0.05, 0.1) is 27.2 Å². The molecule has 232 valence electrons. The third kappa shape index (κ3) is 21.3. The fourth-order valence-electron chi connectivity index (χ4n) is 7.84. The number of quaternary nitrogens is 1. The summed E-state index contributed by atoms with van der Waals surface area (Å²) in [4.78, 5) is 0. The second-order valence-corrected chi connectivity index (χ2v) is 15.0. The Morgan fingerprint density at radius 2 is 0.590 bits per heavy atom. The van der Waals surface area contributed by atoms with Gasteiger partial charge in [-0.15, -0.1) is 0 Å². The smallest absolute Gasteiger partial charge is 0.0782 e. The van der Waals surface area contributed by atoms with E-state index in [4.69, 9.17) is 0 Å². The second-order valence-electron chi connectivity index (χ2n) is 15.0. The SMILES string of the molecule is C[N+](C)(CCCCCCCCCCCCC1CCCCC1)CCCCCCCCCCCCC1CCCCC1. The summed E-state index contributed by atoms with van der Waals surface area (Å²) in [5, 5.41) is 0. The molecule has 1 nitrogen and oxygen atoms in total. The van der Waals surface area contributed by atoms with Crippen LogP contribution in [-0.2, 0) is 0 Å². The zero-order chi connectivity index (χ0) is 27.7. The Balaban J connectivity index is 1.23. The molecule has 0 aromatic heterocycles. The molecule has 0 radical (unpaired) electrons. The number of rotatable bonds is 26. The van der Waals surface area contributed by atoms with Crippen LogP contribution in [0.4, 0.5) is 0 Å². The largest absolute Gasteiger partial charge is 0.328 e. The third-order valence-electron chi connectivity index (χ3n) is 10.7. The van der Waals surface area contributed by atoms with Gasteiger partial charge in [-0.25, -0.2) is 0 Å². The first-order chi connectivity index (χ1) is 19.2. The lowest BCUT2D eigenvalue weighted by atomic mass is 9.85. The first kappa shape index (κ1) is 35.2. The molecule has 2 saturated carbocycles. The number of nitrogens with zero attached hydrogens (tertiary/aromatic N) is 1. The topological polar surface area (TPSA) is 0 Å². The summed E-state index contributed by atoms with van der Waals surface area (Å²) in [6, 6.07) is 0. The zero-order valence-corrected chi connectivity index (χ0v) is 27.6. The fourth-order valence-corrected chi connectivity index (χ4v) is 7.84. The van der Waals surface area contributed by atoms with E-state index >= 15 is 0 Å². The van der Waals surface area contributed by atoms with Crippen molar-refractivity contribution < 1.29 is 4.48 Å². The van der Waals surface area contributed by atoms with Gasteiger partial charge in [0.25, 0.3) is 0 Å². The van der Waals surface area contributed by atoms with Crippen LogP contribution in [0.25, 0.3) is 0 Å². The average molecular weight is 547 g/mol. The molecule has 2 fully saturated rings. The quantitative estimate of drug-likeness (QED) is 0.0747. The molecule has 2 rings (SSSR count). The van der Waals surface area contributed by atoms with Crippen LogP contribution >= 0.6 is 0 Å². The maximum absolute atomic E-state index is 2.47. The van der Waals surface area contributed by atoms with E-state index in [1.807, 2.05) is 0 Å². The molecule has 0 aromatic carbocycles. The highest BCUT2D eigenvalue weighted by atomic mass is 15.3. The van der Waals surface area contributed by atoms with E-state index in [-0.39, 0.29) is 0 Å². The van der Waals surface area contributed by atoms with Crippen molar-refractivity contribution in [1.29, 1.82) is 0 Å². The molecule has 0 spiro atoms. The molecule has 0 N–H and O–H groups in total. The molecular formula is C38H76N+. The number of hydrogen-bond acceptors (Lipinski definition) is 0. The molecule has 0 heterocycles. The van der Waals surface area contributed by atoms with Crippen LogP contribution in [0.1, 0.15) is 205 Å². The van der Waals surface area contributed by atoms with Crippen molar-refractivity contribution in [2.24, 2.45) is 11.8 Å². The van der Waals surface area contributed by atoms with Crippen LogP contribution in [0.5, 0.6) is 0 Å². The summed E-state index contributed by atoms with van der Waals surface area (Å²) in [5.41, 5.74) is 0. The van der Waals surface area contributed by atoms with Gasteiger partial charge in [0, 0.05) is 0 Å². The van der Waals surface area contributed by atoms with Crippen molar-refractivity contribution in [3.05, 3.63) is 0 Å². The van der Waals surface area contributed by atoms with Crippen molar-refractivity contribution in [3.8, 4) is 0 Å². The van der Waals surface area contributed by atoms with E-state index in [1.165, 1.54) is 223 Å². The molecule has 0 aliphatic heterocycles. The lowest BCUT2D eigenvalue weighted by Crippen LogP contribution is -2.41. The van der Waals surface area contributed by atoms with Gasteiger partial charge in [-0.1, -0.05) is 180 Å². The van der Waals surface area contributed by atoms with Gasteiger partial charge in [-0.2, -0.15) is 0 Å². The molecule has 2 aliphatic carbocycles. The van der Waals surface area contributed by atoms with Crippen LogP contribution in [0.15, 0.2) is 0 Å². The monoisotopic (exact) mass is 547 g/mol. The Hall–Kier alpha value is -0.0400. The molecule has 39 heavy (non-hydrogen) atoms. The van der Waals surface area contributed by atoms with E-state index in [0.29, 0.717) is 0 Å². The molecule has 0 amide bonds. The summed E-state index contributed by atoms with van der Waals surface area (Å²) in [7, 11) is 4.95. The summed E-state index contributed by atoms with van der Waals surface area (Å²) in [5.74, 6) is 2.19. The van der Waals surface area contributed by atoms with Crippen molar-refractivity contribution in [2.45, 2.75) is 205 Å². The number of hydrogen-bond donors (Lipinski definition) is 0. The number of unbranched alkanes of at least 4 members (excludes halogenated alkanes) is 18. The third-order valence-corrected chi connectivity index (χ3v) is 10.7. The van der Waals surface area contributed by atoms with Gasteiger partial charge in [0.15, 0.2) is 0 Å². The standard InChI is InChI=1S/C38H76N/c1-39(2,35-27-17-13-9-5-3-7-11-15-21-29-37-31-23-19-24-32-37)36-28-18-14-10-6-4-8-12-16-22-30-38-33-25-20-26-34-38/h37-38H,3-36H2,1-2H3/q+1. The minimum absolute atomic E-state index is 1.09. The van der Waals surface area contributed by atoms with Gasteiger partial charge < -0.3 is 4.48 Å². The van der Waals surface area contributed by atoms with E-state index in [0.717, 1.165) is 11.8 Å². The van der Waals surface area contributed by atoms with Crippen molar-refractivity contribution in [3.63, 3.8) is 0 Å². The van der Waals surface area contributed by atoms with Gasteiger partial charge >= 0.3 is 0 Å². The molecule has 0 atom stereocenters. The molecule has 2 aliphatic rings. The molecule has 0 aromatic rings. The van der Waals surface area contributed by atoms with E-state index in [1.54, 1.807) is 0 Å². The summed E-state index contributed by atoms with van der Waals surface area (Å²) in [6.07, 6.45) is 48.0. The predicted molar refractivity (Wildman–Crippen MR) is 177 cm³/mol. The highest BCUT2D eigenvalue weighted by molar-refractivity contribution is 4.66. The van der Waals surface area contributed by atoms with Crippen LogP contribution in [0.2, 0.25) is 0 Å². The van der Waals surface area contributed by atoms with Crippen LogP contribution in [0, 0.1) is 11.8 Å². The van der Waals surface area contributed by atoms with E-state index in [2.05, 4.69) is 14.1 Å². The second kappa shape index (κ2) is 24.5. The van der Waals surface area contributed by atoms with E-state index < -0.39 is 0 Å². The molecule has 0 bridgehead atoms. The van der Waals surface area contributed by atoms with Crippen LogP contribution < -0.4 is 0 Å². The summed E-state index contributed by atoms with van der Waals surface area (Å²) in [6.45, 7) is 2.78. The van der Waals surface area contributed by atoms with Gasteiger partial charge in [-0.3, -0.25) is 0 Å². The molecule has 0 saturated heterocycles. The lowest BCUT2D eigenvalue weighted by molar-refractivity contribution is -0.890. The molecule has 1 heteroatoms. The van der Waals surface area contributed by atoms with Gasteiger partial charge in [-0.05, 0) is 37.5 Å². The lowest BCUT2D eigenvalue weighted by Gasteiger charge is -2.30. The first-order valence-corrected chi connectivity index (χ1v) is 19.0. The van der Waals surface area contributed by atoms with Crippen LogP contribution in [0.3, 0.4) is 0 Å². The van der Waals surface area contributed by atoms with Gasteiger partial charge in [0.1, 0.15) is 0 Å². The highest BCUT2D eigenvalue weighted by Crippen LogP contribution is 2.29. The maximum Gasteiger partial charge on any atom is 0.0782 e. The zero-order valence-electron chi connectivity index (χ0n) is 27.6. The highest BCUT2D eigenvalue weighted by Gasteiger charge is 2.14. The minimum Gasteiger partial charge on any atom is -0.328 e. The molecule has 0 unspecified atom stereocenters. The Kier molecular flexibility index (Phi) is 22.1. The first-order valence-electron chi connectivity index (χ1n) is 19.0. The Labute approximate surface area is 248 Å². The van der Waals surface area contributed by atoms with Crippen molar-refractivity contribution in [1.82, 2.24) is 0 Å². The van der Waals surface area contributed by atoms with E-state index in [9.17, 15) is 0 Å². The average Bonchev–Trinajstić information content (AvgIpc) is 2.95. The minimum atomic E-state index is 1.09. The van der Waals surface area contributed by atoms with Gasteiger partial charge in [0.2, 0.25) is 0 Å². The summed E-state index contributed by atoms with van der Waals surface area (Å²) >= 11 is 0.